The van der Waals surface area contributed by atoms with Crippen molar-refractivity contribution in [3.05, 3.63) is 28.8 Å². The summed E-state index contributed by atoms with van der Waals surface area (Å²) in [5.41, 5.74) is -1.24. The molecule has 0 fully saturated rings. The topological polar surface area (TPSA) is 83.5 Å². The van der Waals surface area contributed by atoms with Gasteiger partial charge in [-0.2, -0.15) is 17.9 Å². The van der Waals surface area contributed by atoms with Gasteiger partial charge < -0.3 is 5.11 Å². The molecular formula is C10H9ClF3NO4S. The fraction of sp³-hybridized carbons (Fsp3) is 0.300. The number of aliphatic carboxylic acids is 1. The number of carbonyl (C=O) groups is 1. The second kappa shape index (κ2) is 5.58. The summed E-state index contributed by atoms with van der Waals surface area (Å²) in [4.78, 5) is 9.81. The van der Waals surface area contributed by atoms with Crippen LogP contribution in [0.2, 0.25) is 5.02 Å². The molecule has 5 nitrogen and oxygen atoms in total. The van der Waals surface area contributed by atoms with E-state index in [0.717, 1.165) is 13.0 Å². The predicted molar refractivity (Wildman–Crippen MR) is 63.9 cm³/mol. The zero-order valence-electron chi connectivity index (χ0n) is 9.90. The van der Waals surface area contributed by atoms with Crippen molar-refractivity contribution in [2.75, 3.05) is 0 Å². The highest BCUT2D eigenvalue weighted by molar-refractivity contribution is 7.89. The summed E-state index contributed by atoms with van der Waals surface area (Å²) in [5.74, 6) is -1.47. The molecule has 0 saturated heterocycles. The van der Waals surface area contributed by atoms with Crippen molar-refractivity contribution in [2.24, 2.45) is 0 Å². The molecule has 0 saturated carbocycles. The molecule has 10 heteroatoms. The number of carboxylic acids is 1. The average molecular weight is 332 g/mol. The quantitative estimate of drug-likeness (QED) is 0.885. The normalized spacial score (nSPS) is 14.1. The molecule has 1 rings (SSSR count). The number of halogens is 4. The highest BCUT2D eigenvalue weighted by atomic mass is 35.5. The maximum absolute atomic E-state index is 12.6. The van der Waals surface area contributed by atoms with Gasteiger partial charge in [0.1, 0.15) is 6.04 Å². The van der Waals surface area contributed by atoms with Crippen LogP contribution >= 0.6 is 11.6 Å². The van der Waals surface area contributed by atoms with Crippen LogP contribution in [0.4, 0.5) is 13.2 Å². The van der Waals surface area contributed by atoms with Gasteiger partial charge in [-0.15, -0.1) is 0 Å². The molecule has 0 spiro atoms. The lowest BCUT2D eigenvalue weighted by Crippen LogP contribution is -2.38. The van der Waals surface area contributed by atoms with Crippen molar-refractivity contribution in [3.8, 4) is 0 Å². The first kappa shape index (κ1) is 16.7. The van der Waals surface area contributed by atoms with Gasteiger partial charge in [0.05, 0.1) is 10.5 Å². The van der Waals surface area contributed by atoms with E-state index in [1.54, 1.807) is 4.72 Å². The van der Waals surface area contributed by atoms with Crippen LogP contribution in [0.1, 0.15) is 12.5 Å². The summed E-state index contributed by atoms with van der Waals surface area (Å²) in [6.45, 7) is 1.04. The molecule has 0 aliphatic heterocycles. The highest BCUT2D eigenvalue weighted by Crippen LogP contribution is 2.32. The van der Waals surface area contributed by atoms with Gasteiger partial charge >= 0.3 is 12.1 Å². The Kier molecular flexibility index (Phi) is 4.67. The van der Waals surface area contributed by atoms with Gasteiger partial charge in [0, 0.05) is 5.02 Å². The maximum atomic E-state index is 12.6. The first-order valence-electron chi connectivity index (χ1n) is 5.06. The van der Waals surface area contributed by atoms with Gasteiger partial charge in [0.25, 0.3) is 0 Å². The van der Waals surface area contributed by atoms with Crippen LogP contribution in [-0.2, 0) is 21.0 Å². The summed E-state index contributed by atoms with van der Waals surface area (Å²) >= 11 is 5.45. The number of alkyl halides is 3. The average Bonchev–Trinajstić information content (AvgIpc) is 2.26. The number of hydrogen-bond acceptors (Lipinski definition) is 3. The lowest BCUT2D eigenvalue weighted by molar-refractivity contribution is -0.139. The van der Waals surface area contributed by atoms with Crippen molar-refractivity contribution >= 4 is 27.6 Å². The highest BCUT2D eigenvalue weighted by Gasteiger charge is 2.33. The molecule has 1 atom stereocenters. The van der Waals surface area contributed by atoms with Crippen LogP contribution in [0.15, 0.2) is 23.1 Å². The molecule has 0 amide bonds. The Labute approximate surface area is 117 Å². The maximum Gasteiger partial charge on any atom is 0.416 e. The fourth-order valence-corrected chi connectivity index (χ4v) is 2.80. The molecular weight excluding hydrogens is 323 g/mol. The molecule has 112 valence electrons. The smallest absolute Gasteiger partial charge is 0.416 e. The standard InChI is InChI=1S/C10H9ClF3NO4S/c1-5(9(16)17)15-20(18,19)8-3-6(10(12,13)14)2-7(11)4-8/h2-5,15H,1H3,(H,16,17). The molecule has 1 aromatic rings. The van der Waals surface area contributed by atoms with Crippen LogP contribution in [0.3, 0.4) is 0 Å². The van der Waals surface area contributed by atoms with Crippen LogP contribution < -0.4 is 4.72 Å². The number of benzene rings is 1. The second-order valence-electron chi connectivity index (χ2n) is 3.85. The van der Waals surface area contributed by atoms with Crippen molar-refractivity contribution in [3.63, 3.8) is 0 Å². The second-order valence-corrected chi connectivity index (χ2v) is 6.00. The zero-order valence-corrected chi connectivity index (χ0v) is 11.5. The third-order valence-electron chi connectivity index (χ3n) is 2.21. The Balaban J connectivity index is 3.26. The Hall–Kier alpha value is -1.32. The van der Waals surface area contributed by atoms with E-state index in [2.05, 4.69) is 0 Å². The Morgan fingerprint density at radius 1 is 1.35 bits per heavy atom. The van der Waals surface area contributed by atoms with E-state index in [0.29, 0.717) is 12.1 Å². The van der Waals surface area contributed by atoms with E-state index in [4.69, 9.17) is 16.7 Å². The molecule has 20 heavy (non-hydrogen) atoms. The Morgan fingerprint density at radius 2 is 1.90 bits per heavy atom. The third-order valence-corrected chi connectivity index (χ3v) is 3.95. The fourth-order valence-electron chi connectivity index (χ4n) is 1.23. The largest absolute Gasteiger partial charge is 0.480 e. The molecule has 0 aromatic heterocycles. The van der Waals surface area contributed by atoms with Crippen molar-refractivity contribution in [2.45, 2.75) is 24.0 Å². The van der Waals surface area contributed by atoms with Gasteiger partial charge in [0.2, 0.25) is 10.0 Å². The summed E-state index contributed by atoms with van der Waals surface area (Å²) in [5, 5.41) is 8.17. The van der Waals surface area contributed by atoms with E-state index in [-0.39, 0.29) is 0 Å². The number of carboxylic acid groups (broad SMARTS) is 1. The lowest BCUT2D eigenvalue weighted by Gasteiger charge is -2.13. The minimum Gasteiger partial charge on any atom is -0.480 e. The van der Waals surface area contributed by atoms with Gasteiger partial charge in [-0.1, -0.05) is 11.6 Å². The first-order chi connectivity index (χ1) is 8.93. The summed E-state index contributed by atoms with van der Waals surface area (Å²) in [6.07, 6.45) is -4.77. The Bertz CT molecular complexity index is 630. The van der Waals surface area contributed by atoms with Crippen LogP contribution in [0, 0.1) is 0 Å². The molecule has 2 N–H and O–H groups in total. The number of sulfonamides is 1. The van der Waals surface area contributed by atoms with Crippen LogP contribution in [-0.4, -0.2) is 25.5 Å². The van der Waals surface area contributed by atoms with Crippen LogP contribution in [0.5, 0.6) is 0 Å². The van der Waals surface area contributed by atoms with Crippen molar-refractivity contribution in [1.82, 2.24) is 4.72 Å². The molecule has 0 aliphatic carbocycles. The number of hydrogen-bond donors (Lipinski definition) is 2. The van der Waals surface area contributed by atoms with E-state index >= 15 is 0 Å². The van der Waals surface area contributed by atoms with E-state index in [1.165, 1.54) is 0 Å². The van der Waals surface area contributed by atoms with Crippen LogP contribution in [0.25, 0.3) is 0 Å². The number of nitrogens with one attached hydrogen (secondary N) is 1. The first-order valence-corrected chi connectivity index (χ1v) is 6.92. The molecule has 0 radical (unpaired) electrons. The van der Waals surface area contributed by atoms with E-state index < -0.39 is 43.7 Å². The van der Waals surface area contributed by atoms with E-state index in [1.807, 2.05) is 0 Å². The lowest BCUT2D eigenvalue weighted by atomic mass is 10.2. The molecule has 1 aromatic carbocycles. The van der Waals surface area contributed by atoms with Gasteiger partial charge in [0.15, 0.2) is 0 Å². The number of rotatable bonds is 4. The summed E-state index contributed by atoms with van der Waals surface area (Å²) < 4.78 is 63.0. The van der Waals surface area contributed by atoms with E-state index in [9.17, 15) is 26.4 Å². The molecule has 0 aliphatic rings. The third kappa shape index (κ3) is 4.09. The summed E-state index contributed by atoms with van der Waals surface area (Å²) in [6, 6.07) is 0.255. The van der Waals surface area contributed by atoms with Crippen molar-refractivity contribution in [1.29, 1.82) is 0 Å². The summed E-state index contributed by atoms with van der Waals surface area (Å²) in [7, 11) is -4.43. The molecule has 0 heterocycles. The molecule has 0 bridgehead atoms. The Morgan fingerprint density at radius 3 is 2.35 bits per heavy atom. The van der Waals surface area contributed by atoms with Crippen molar-refractivity contribution < 1.29 is 31.5 Å². The van der Waals surface area contributed by atoms with Gasteiger partial charge in [-0.05, 0) is 25.1 Å². The van der Waals surface area contributed by atoms with Gasteiger partial charge in [-0.3, -0.25) is 4.79 Å². The zero-order chi connectivity index (χ0) is 15.7. The SMILES string of the molecule is CC(NS(=O)(=O)c1cc(Cl)cc(C(F)(F)F)c1)C(=O)O. The minimum absolute atomic E-state index is 0.378. The monoisotopic (exact) mass is 331 g/mol. The van der Waals surface area contributed by atoms with Gasteiger partial charge in [-0.25, -0.2) is 8.42 Å². The minimum atomic E-state index is -4.77. The molecule has 1 unspecified atom stereocenters. The predicted octanol–water partition coefficient (Wildman–Crippen LogP) is 2.11.